The number of amides is 2. The number of fused-ring (bicyclic) bond motifs is 1. The molecule has 1 aromatic carbocycles. The molecule has 2 amide bonds. The second kappa shape index (κ2) is 10.6. The van der Waals surface area contributed by atoms with Crippen molar-refractivity contribution in [2.24, 2.45) is 5.92 Å². The molecular weight excluding hydrogens is 392 g/mol. The van der Waals surface area contributed by atoms with Crippen molar-refractivity contribution in [2.75, 3.05) is 13.1 Å². The third kappa shape index (κ3) is 5.20. The predicted molar refractivity (Wildman–Crippen MR) is 123 cm³/mol. The lowest BCUT2D eigenvalue weighted by Crippen LogP contribution is -2.48. The van der Waals surface area contributed by atoms with E-state index in [9.17, 15) is 14.4 Å². The molecule has 170 valence electrons. The minimum absolute atomic E-state index is 0.0380. The summed E-state index contributed by atoms with van der Waals surface area (Å²) < 4.78 is 3.50. The number of nitrogens with one attached hydrogen (secondary N) is 1. The zero-order valence-corrected chi connectivity index (χ0v) is 19.1. The number of nitrogens with zero attached hydrogens (tertiary/aromatic N) is 3. The van der Waals surface area contributed by atoms with Crippen LogP contribution in [-0.4, -0.2) is 45.0 Å². The van der Waals surface area contributed by atoms with Gasteiger partial charge in [0.1, 0.15) is 0 Å². The molecule has 0 aliphatic carbocycles. The zero-order chi connectivity index (χ0) is 22.4. The van der Waals surface area contributed by atoms with E-state index in [1.165, 1.54) is 0 Å². The first-order valence-corrected chi connectivity index (χ1v) is 11.8. The number of benzene rings is 1. The number of hydrogen-bond acceptors (Lipinski definition) is 3. The quantitative estimate of drug-likeness (QED) is 0.667. The molecule has 0 atom stereocenters. The second-order valence-corrected chi connectivity index (χ2v) is 8.51. The Morgan fingerprint density at radius 2 is 1.58 bits per heavy atom. The van der Waals surface area contributed by atoms with Crippen LogP contribution in [0.15, 0.2) is 29.1 Å². The number of para-hydroxylation sites is 2. The molecule has 2 heterocycles. The monoisotopic (exact) mass is 428 g/mol. The summed E-state index contributed by atoms with van der Waals surface area (Å²) in [5.41, 5.74) is 1.75. The Balaban J connectivity index is 1.55. The zero-order valence-electron chi connectivity index (χ0n) is 19.1. The lowest BCUT2D eigenvalue weighted by molar-refractivity contribution is -0.137. The van der Waals surface area contributed by atoms with Gasteiger partial charge in [-0.15, -0.1) is 0 Å². The Morgan fingerprint density at radius 3 is 2.13 bits per heavy atom. The van der Waals surface area contributed by atoms with Gasteiger partial charge in [0.15, 0.2) is 0 Å². The average molecular weight is 429 g/mol. The number of imidazole rings is 1. The van der Waals surface area contributed by atoms with Gasteiger partial charge in [0.05, 0.1) is 11.0 Å². The maximum absolute atomic E-state index is 12.8. The lowest BCUT2D eigenvalue weighted by Gasteiger charge is -2.34. The van der Waals surface area contributed by atoms with Crippen LogP contribution < -0.4 is 11.0 Å². The summed E-state index contributed by atoms with van der Waals surface area (Å²) in [6.45, 7) is 8.61. The minimum atomic E-state index is -0.0518. The van der Waals surface area contributed by atoms with Gasteiger partial charge in [-0.05, 0) is 44.2 Å². The molecule has 0 saturated carbocycles. The van der Waals surface area contributed by atoms with Crippen LogP contribution in [0, 0.1) is 5.92 Å². The van der Waals surface area contributed by atoms with Crippen LogP contribution in [-0.2, 0) is 22.7 Å². The van der Waals surface area contributed by atoms with E-state index in [1.807, 2.05) is 29.2 Å². The van der Waals surface area contributed by atoms with Gasteiger partial charge in [0.25, 0.3) is 0 Å². The smallest absolute Gasteiger partial charge is 0.329 e. The number of hydrogen-bond donors (Lipinski definition) is 1. The van der Waals surface area contributed by atoms with Gasteiger partial charge in [-0.3, -0.25) is 18.7 Å². The SMILES string of the molecule is CCCn1c(=O)n(CCC(=O)NC2CCN(C(=O)C(CC)CC)CC2)c2ccccc21. The summed E-state index contributed by atoms with van der Waals surface area (Å²) in [5, 5.41) is 3.11. The third-order valence-corrected chi connectivity index (χ3v) is 6.44. The highest BCUT2D eigenvalue weighted by Gasteiger charge is 2.27. The molecular formula is C24H36N4O3. The predicted octanol–water partition coefficient (Wildman–Crippen LogP) is 3.15. The van der Waals surface area contributed by atoms with Crippen molar-refractivity contribution < 1.29 is 9.59 Å². The molecule has 7 nitrogen and oxygen atoms in total. The lowest BCUT2D eigenvalue weighted by atomic mass is 9.98. The number of likely N-dealkylation sites (tertiary alicyclic amines) is 1. The first kappa shape index (κ1) is 23.1. The Kier molecular flexibility index (Phi) is 7.93. The third-order valence-electron chi connectivity index (χ3n) is 6.44. The van der Waals surface area contributed by atoms with Gasteiger partial charge in [0.2, 0.25) is 11.8 Å². The Morgan fingerprint density at radius 1 is 1.00 bits per heavy atom. The Bertz CT molecular complexity index is 949. The molecule has 1 aliphatic rings. The van der Waals surface area contributed by atoms with Crippen molar-refractivity contribution >= 4 is 22.8 Å². The number of aryl methyl sites for hydroxylation is 2. The fraction of sp³-hybridized carbons (Fsp3) is 0.625. The molecule has 1 fully saturated rings. The average Bonchev–Trinajstić information content (AvgIpc) is 3.05. The maximum atomic E-state index is 12.8. The molecule has 1 aromatic heterocycles. The van der Waals surface area contributed by atoms with Gasteiger partial charge in [-0.1, -0.05) is 32.9 Å². The summed E-state index contributed by atoms with van der Waals surface area (Å²) in [6, 6.07) is 7.85. The first-order chi connectivity index (χ1) is 15.0. The molecule has 31 heavy (non-hydrogen) atoms. The van der Waals surface area contributed by atoms with Gasteiger partial charge in [-0.25, -0.2) is 4.79 Å². The van der Waals surface area contributed by atoms with Crippen molar-refractivity contribution in [3.8, 4) is 0 Å². The summed E-state index contributed by atoms with van der Waals surface area (Å²) in [4.78, 5) is 39.9. The first-order valence-electron chi connectivity index (χ1n) is 11.8. The molecule has 1 aliphatic heterocycles. The van der Waals surface area contributed by atoms with E-state index in [2.05, 4.69) is 26.1 Å². The minimum Gasteiger partial charge on any atom is -0.353 e. The van der Waals surface area contributed by atoms with Crippen molar-refractivity contribution in [3.63, 3.8) is 0 Å². The Hall–Kier alpha value is -2.57. The van der Waals surface area contributed by atoms with Crippen molar-refractivity contribution in [3.05, 3.63) is 34.7 Å². The summed E-state index contributed by atoms with van der Waals surface area (Å²) in [6.07, 6.45) is 4.47. The normalized spacial score (nSPS) is 15.0. The number of carbonyl (C=O) groups is 2. The summed E-state index contributed by atoms with van der Waals surface area (Å²) in [5.74, 6) is 0.320. The van der Waals surface area contributed by atoms with Gasteiger partial charge in [0, 0.05) is 44.6 Å². The number of piperidine rings is 1. The highest BCUT2D eigenvalue weighted by molar-refractivity contribution is 5.79. The molecule has 0 bridgehead atoms. The van der Waals surface area contributed by atoms with E-state index < -0.39 is 0 Å². The van der Waals surface area contributed by atoms with Crippen molar-refractivity contribution in [1.82, 2.24) is 19.4 Å². The Labute approximate surface area is 184 Å². The largest absolute Gasteiger partial charge is 0.353 e. The van der Waals surface area contributed by atoms with E-state index in [0.717, 1.165) is 43.1 Å². The molecule has 0 unspecified atom stereocenters. The molecule has 0 spiro atoms. The fourth-order valence-corrected chi connectivity index (χ4v) is 4.58. The molecule has 1 saturated heterocycles. The molecule has 7 heteroatoms. The van der Waals surface area contributed by atoms with Crippen LogP contribution >= 0.6 is 0 Å². The van der Waals surface area contributed by atoms with Crippen LogP contribution in [0.4, 0.5) is 0 Å². The highest BCUT2D eigenvalue weighted by atomic mass is 16.2. The van der Waals surface area contributed by atoms with Gasteiger partial charge in [-0.2, -0.15) is 0 Å². The second-order valence-electron chi connectivity index (χ2n) is 8.51. The van der Waals surface area contributed by atoms with E-state index in [1.54, 1.807) is 9.13 Å². The molecule has 2 aromatic rings. The van der Waals surface area contributed by atoms with Crippen LogP contribution in [0.3, 0.4) is 0 Å². The molecule has 3 rings (SSSR count). The topological polar surface area (TPSA) is 76.3 Å². The van der Waals surface area contributed by atoms with E-state index in [0.29, 0.717) is 26.2 Å². The van der Waals surface area contributed by atoms with Crippen LogP contribution in [0.1, 0.15) is 59.3 Å². The summed E-state index contributed by atoms with van der Waals surface area (Å²) >= 11 is 0. The standard InChI is InChI=1S/C24H36N4O3/c1-4-14-27-20-9-7-8-10-21(20)28(24(27)31)17-13-22(29)25-19-11-15-26(16-12-19)23(30)18(5-2)6-3/h7-10,18-19H,4-6,11-17H2,1-3H3,(H,25,29). The number of carbonyl (C=O) groups excluding carboxylic acids is 2. The van der Waals surface area contributed by atoms with Crippen LogP contribution in [0.5, 0.6) is 0 Å². The van der Waals surface area contributed by atoms with E-state index in [4.69, 9.17) is 0 Å². The number of aromatic nitrogens is 2. The van der Waals surface area contributed by atoms with Crippen LogP contribution in [0.2, 0.25) is 0 Å². The van der Waals surface area contributed by atoms with Gasteiger partial charge >= 0.3 is 5.69 Å². The number of rotatable bonds is 9. The summed E-state index contributed by atoms with van der Waals surface area (Å²) in [7, 11) is 0. The van der Waals surface area contributed by atoms with Gasteiger partial charge < -0.3 is 10.2 Å². The highest BCUT2D eigenvalue weighted by Crippen LogP contribution is 2.18. The molecule has 0 radical (unpaired) electrons. The fourth-order valence-electron chi connectivity index (χ4n) is 4.58. The molecule has 1 N–H and O–H groups in total. The maximum Gasteiger partial charge on any atom is 0.329 e. The van der Waals surface area contributed by atoms with E-state index in [-0.39, 0.29) is 35.9 Å². The van der Waals surface area contributed by atoms with Crippen molar-refractivity contribution in [2.45, 2.75) is 78.4 Å². The van der Waals surface area contributed by atoms with Crippen LogP contribution in [0.25, 0.3) is 11.0 Å². The van der Waals surface area contributed by atoms with E-state index >= 15 is 0 Å². The van der Waals surface area contributed by atoms with Crippen molar-refractivity contribution in [1.29, 1.82) is 0 Å².